The molecule has 0 unspecified atom stereocenters. The van der Waals surface area contributed by atoms with Crippen LogP contribution in [0.2, 0.25) is 0 Å². The second-order valence-electron chi connectivity index (χ2n) is 3.98. The van der Waals surface area contributed by atoms with E-state index in [1.807, 2.05) is 0 Å². The highest BCUT2D eigenvalue weighted by molar-refractivity contribution is 5.87. The Morgan fingerprint density at radius 1 is 1.00 bits per heavy atom. The molecule has 1 saturated heterocycles. The van der Waals surface area contributed by atoms with Crippen molar-refractivity contribution in [3.63, 3.8) is 0 Å². The molecule has 2 heteroatoms. The average molecular weight is 212 g/mol. The first-order valence-corrected chi connectivity index (χ1v) is 5.62. The van der Waals surface area contributed by atoms with E-state index in [-0.39, 0.29) is 0 Å². The largest absolute Gasteiger partial charge is 0.364 e. The molecule has 0 spiro atoms. The van der Waals surface area contributed by atoms with Gasteiger partial charge in [0.1, 0.15) is 6.10 Å². The van der Waals surface area contributed by atoms with Crippen molar-refractivity contribution in [1.82, 2.24) is 5.32 Å². The molecule has 16 heavy (non-hydrogen) atoms. The highest BCUT2D eigenvalue weighted by Gasteiger charge is 2.18. The van der Waals surface area contributed by atoms with Gasteiger partial charge in [0.05, 0.1) is 6.61 Å². The smallest absolute Gasteiger partial charge is 0.140 e. The Balaban J connectivity index is 2.08. The number of morpholine rings is 1. The first kappa shape index (κ1) is 9.82. The van der Waals surface area contributed by atoms with Crippen LogP contribution in [0.3, 0.4) is 0 Å². The zero-order chi connectivity index (χ0) is 10.8. The summed E-state index contributed by atoms with van der Waals surface area (Å²) in [5.74, 6) is 0. The lowest BCUT2D eigenvalue weighted by Crippen LogP contribution is -2.34. The van der Waals surface area contributed by atoms with Crippen molar-refractivity contribution in [2.45, 2.75) is 0 Å². The van der Waals surface area contributed by atoms with E-state index >= 15 is 0 Å². The van der Waals surface area contributed by atoms with E-state index in [9.17, 15) is 0 Å². The van der Waals surface area contributed by atoms with E-state index in [1.165, 1.54) is 16.3 Å². The van der Waals surface area contributed by atoms with E-state index in [4.69, 9.17) is 4.74 Å². The number of benzene rings is 2. The molecule has 1 aliphatic rings. The fraction of sp³-hybridized carbons (Fsp3) is 0.214. The lowest BCUT2D eigenvalue weighted by Gasteiger charge is -2.23. The van der Waals surface area contributed by atoms with Gasteiger partial charge in [0.25, 0.3) is 0 Å². The fourth-order valence-electron chi connectivity index (χ4n) is 2.14. The van der Waals surface area contributed by atoms with Gasteiger partial charge in [-0.25, -0.2) is 0 Å². The molecule has 0 aromatic heterocycles. The van der Waals surface area contributed by atoms with Crippen LogP contribution in [0.1, 0.15) is 5.56 Å². The summed E-state index contributed by atoms with van der Waals surface area (Å²) in [5.41, 5.74) is 1.21. The summed E-state index contributed by atoms with van der Waals surface area (Å²) in [7, 11) is 0. The topological polar surface area (TPSA) is 21.3 Å². The van der Waals surface area contributed by atoms with E-state index in [2.05, 4.69) is 47.8 Å². The molecule has 2 aromatic carbocycles. The predicted molar refractivity (Wildman–Crippen MR) is 65.1 cm³/mol. The SMILES string of the molecule is c1ccc2c([C]3CNCCO3)cccc2c1. The molecule has 2 nitrogen and oxygen atoms in total. The Kier molecular flexibility index (Phi) is 2.60. The van der Waals surface area contributed by atoms with Gasteiger partial charge in [0, 0.05) is 13.1 Å². The fourth-order valence-corrected chi connectivity index (χ4v) is 2.14. The first-order chi connectivity index (χ1) is 7.95. The van der Waals surface area contributed by atoms with Crippen LogP contribution in [0.25, 0.3) is 10.8 Å². The second kappa shape index (κ2) is 4.24. The van der Waals surface area contributed by atoms with Crippen molar-refractivity contribution in [1.29, 1.82) is 0 Å². The monoisotopic (exact) mass is 212 g/mol. The zero-order valence-corrected chi connectivity index (χ0v) is 9.07. The Morgan fingerprint density at radius 2 is 1.88 bits per heavy atom. The first-order valence-electron chi connectivity index (χ1n) is 5.62. The maximum absolute atomic E-state index is 5.73. The van der Waals surface area contributed by atoms with Crippen LogP contribution in [0, 0.1) is 6.10 Å². The van der Waals surface area contributed by atoms with Gasteiger partial charge >= 0.3 is 0 Å². The minimum absolute atomic E-state index is 0.762. The molecule has 1 radical (unpaired) electrons. The summed E-state index contributed by atoms with van der Waals surface area (Å²) >= 11 is 0. The molecule has 2 aromatic rings. The molecule has 1 fully saturated rings. The summed E-state index contributed by atoms with van der Waals surface area (Å²) in [6, 6.07) is 14.8. The van der Waals surface area contributed by atoms with Crippen molar-refractivity contribution in [3.8, 4) is 0 Å². The molecular formula is C14H14NO. The van der Waals surface area contributed by atoms with Gasteiger partial charge in [-0.1, -0.05) is 42.5 Å². The molecule has 0 aliphatic carbocycles. The normalized spacial score (nSPS) is 17.8. The molecule has 1 heterocycles. The summed E-state index contributed by atoms with van der Waals surface area (Å²) in [6.45, 7) is 2.53. The highest BCUT2D eigenvalue weighted by Crippen LogP contribution is 2.26. The van der Waals surface area contributed by atoms with Crippen LogP contribution >= 0.6 is 0 Å². The number of hydrogen-bond donors (Lipinski definition) is 1. The lowest BCUT2D eigenvalue weighted by atomic mass is 10.00. The average Bonchev–Trinajstić information content (AvgIpc) is 2.39. The Hall–Kier alpha value is -1.38. The number of hydrogen-bond acceptors (Lipinski definition) is 2. The molecule has 1 N–H and O–H groups in total. The van der Waals surface area contributed by atoms with E-state index in [1.54, 1.807) is 0 Å². The molecule has 0 saturated carbocycles. The minimum Gasteiger partial charge on any atom is -0.364 e. The maximum Gasteiger partial charge on any atom is 0.140 e. The summed E-state index contributed by atoms with van der Waals surface area (Å²) < 4.78 is 5.73. The second-order valence-corrected chi connectivity index (χ2v) is 3.98. The van der Waals surface area contributed by atoms with Crippen LogP contribution in [-0.4, -0.2) is 19.7 Å². The maximum atomic E-state index is 5.73. The Bertz CT molecular complexity index is 484. The van der Waals surface area contributed by atoms with E-state index in [0.717, 1.165) is 25.8 Å². The van der Waals surface area contributed by atoms with Crippen molar-refractivity contribution < 1.29 is 4.74 Å². The van der Waals surface area contributed by atoms with Crippen LogP contribution in [0.4, 0.5) is 0 Å². The number of nitrogens with one attached hydrogen (secondary N) is 1. The van der Waals surface area contributed by atoms with Gasteiger partial charge in [-0.2, -0.15) is 0 Å². The van der Waals surface area contributed by atoms with Crippen molar-refractivity contribution in [2.24, 2.45) is 0 Å². The van der Waals surface area contributed by atoms with Gasteiger partial charge < -0.3 is 10.1 Å². The third kappa shape index (κ3) is 1.70. The molecule has 3 rings (SSSR count). The van der Waals surface area contributed by atoms with Gasteiger partial charge in [-0.3, -0.25) is 0 Å². The number of rotatable bonds is 1. The van der Waals surface area contributed by atoms with Gasteiger partial charge in [0.15, 0.2) is 0 Å². The summed E-state index contributed by atoms with van der Waals surface area (Å²) in [5, 5.41) is 5.87. The van der Waals surface area contributed by atoms with Crippen LogP contribution in [0.15, 0.2) is 42.5 Å². The third-order valence-corrected chi connectivity index (χ3v) is 2.93. The van der Waals surface area contributed by atoms with Crippen molar-refractivity contribution in [3.05, 3.63) is 54.1 Å². The quantitative estimate of drug-likeness (QED) is 0.783. The molecule has 0 amide bonds. The molecule has 1 aliphatic heterocycles. The van der Waals surface area contributed by atoms with Crippen LogP contribution in [0.5, 0.6) is 0 Å². The standard InChI is InChI=1S/C14H14NO/c1-2-6-12-11(4-1)5-3-7-13(12)14-10-15-8-9-16-14/h1-7,15H,8-10H2. The van der Waals surface area contributed by atoms with Gasteiger partial charge in [0.2, 0.25) is 0 Å². The van der Waals surface area contributed by atoms with E-state index in [0.29, 0.717) is 0 Å². The molecular weight excluding hydrogens is 198 g/mol. The van der Waals surface area contributed by atoms with E-state index < -0.39 is 0 Å². The lowest BCUT2D eigenvalue weighted by molar-refractivity contribution is 0.130. The Morgan fingerprint density at radius 3 is 2.75 bits per heavy atom. The molecule has 0 bridgehead atoms. The Labute approximate surface area is 95.2 Å². The van der Waals surface area contributed by atoms with Crippen molar-refractivity contribution in [2.75, 3.05) is 19.7 Å². The van der Waals surface area contributed by atoms with Gasteiger partial charge in [-0.05, 0) is 16.3 Å². The molecule has 81 valence electrons. The highest BCUT2D eigenvalue weighted by atomic mass is 16.5. The zero-order valence-electron chi connectivity index (χ0n) is 9.07. The third-order valence-electron chi connectivity index (χ3n) is 2.93. The summed E-state index contributed by atoms with van der Waals surface area (Å²) in [6.07, 6.45) is 1.06. The number of fused-ring (bicyclic) bond motifs is 1. The van der Waals surface area contributed by atoms with Crippen molar-refractivity contribution >= 4 is 10.8 Å². The van der Waals surface area contributed by atoms with Gasteiger partial charge in [-0.15, -0.1) is 0 Å². The van der Waals surface area contributed by atoms with Crippen LogP contribution < -0.4 is 5.32 Å². The minimum atomic E-state index is 0.762. The summed E-state index contributed by atoms with van der Waals surface area (Å²) in [4.78, 5) is 0. The van der Waals surface area contributed by atoms with Crippen LogP contribution in [-0.2, 0) is 4.74 Å². The number of ether oxygens (including phenoxy) is 1. The molecule has 0 atom stereocenters. The predicted octanol–water partition coefficient (Wildman–Crippen LogP) is 2.34.